The van der Waals surface area contributed by atoms with Crippen LogP contribution in [0.1, 0.15) is 6.85 Å². The van der Waals surface area contributed by atoms with Crippen LogP contribution < -0.4 is 20.7 Å². The van der Waals surface area contributed by atoms with Crippen LogP contribution in [-0.2, 0) is 0 Å². The Kier molecular flexibility index (Phi) is 6.70. The highest BCUT2D eigenvalue weighted by molar-refractivity contribution is 7.20. The Morgan fingerprint density at radius 3 is 1.54 bits per heavy atom. The van der Waals surface area contributed by atoms with Gasteiger partial charge in [0.25, 0.3) is 0 Å². The fourth-order valence-corrected chi connectivity index (χ4v) is 13.8. The zero-order chi connectivity index (χ0) is 42.1. The molecule has 0 saturated heterocycles. The van der Waals surface area contributed by atoms with Gasteiger partial charge < -0.3 is 9.13 Å². The summed E-state index contributed by atoms with van der Waals surface area (Å²) in [5, 5.41) is 7.49. The van der Waals surface area contributed by atoms with Crippen molar-refractivity contribution in [2.24, 2.45) is 0 Å². The predicted molar refractivity (Wildman–Crippen MR) is 244 cm³/mol. The molecule has 0 aliphatic heterocycles. The van der Waals surface area contributed by atoms with E-state index >= 15 is 0 Å². The summed E-state index contributed by atoms with van der Waals surface area (Å²) >= 11 is 0. The molecule has 0 radical (unpaired) electrons. The maximum absolute atomic E-state index is 9.57. The molecule has 0 N–H and O–H groups in total. The van der Waals surface area contributed by atoms with Crippen molar-refractivity contribution < 1.29 is 6.85 Å². The van der Waals surface area contributed by atoms with Gasteiger partial charge in [-0.1, -0.05) is 188 Å². The van der Waals surface area contributed by atoms with Gasteiger partial charge in [0, 0.05) is 32.9 Å². The summed E-state index contributed by atoms with van der Waals surface area (Å²) in [6, 6.07) is 68.0. The highest BCUT2D eigenvalue weighted by Gasteiger charge is 2.43. The van der Waals surface area contributed by atoms with Gasteiger partial charge in [0.1, 0.15) is 0 Å². The number of hydrogen-bond acceptors (Lipinski definition) is 0. The van der Waals surface area contributed by atoms with Crippen molar-refractivity contribution in [1.82, 2.24) is 9.13 Å². The van der Waals surface area contributed by atoms with Crippen LogP contribution in [0.25, 0.3) is 66.1 Å². The summed E-state index contributed by atoms with van der Waals surface area (Å²) in [4.78, 5) is 0. The smallest absolute Gasteiger partial charge is 0.180 e. The number of rotatable bonds is 7. The first kappa shape index (κ1) is 28.2. The SMILES string of the molecule is [2H]c1c([2H])c([2H])c([Si](c2ccccc2)(c2ccccc2)c2cccc3c2c2ccccc2n3-c2ccc3c4ccccc4n(-c4ccc(-c5ccccc5)cc4)c3c2)c([2H])c1[2H]. The fraction of sp³-hybridized carbons (Fsp3) is 0. The zero-order valence-electron chi connectivity index (χ0n) is 35.9. The molecule has 3 heteroatoms. The highest BCUT2D eigenvalue weighted by atomic mass is 28.3. The third kappa shape index (κ3) is 5.17. The van der Waals surface area contributed by atoms with Crippen molar-refractivity contribution >= 4 is 72.4 Å². The average Bonchev–Trinajstić information content (AvgIpc) is 3.85. The van der Waals surface area contributed by atoms with Crippen LogP contribution in [0.4, 0.5) is 0 Å². The van der Waals surface area contributed by atoms with Crippen LogP contribution in [0, 0.1) is 0 Å². The van der Waals surface area contributed by atoms with E-state index in [-0.39, 0.29) is 24.2 Å². The summed E-state index contributed by atoms with van der Waals surface area (Å²) in [5.41, 5.74) is 8.56. The number of hydrogen-bond donors (Lipinski definition) is 0. The first-order valence-electron chi connectivity index (χ1n) is 21.8. The molecular formula is C54H38N2Si. The summed E-state index contributed by atoms with van der Waals surface area (Å²) < 4.78 is 50.4. The van der Waals surface area contributed by atoms with Gasteiger partial charge in [-0.15, -0.1) is 0 Å². The minimum absolute atomic E-state index is 0.175. The topological polar surface area (TPSA) is 9.86 Å². The van der Waals surface area contributed by atoms with E-state index in [2.05, 4.69) is 167 Å². The molecule has 9 aromatic carbocycles. The Hall–Kier alpha value is -7.20. The Bertz CT molecular complexity index is 3440. The molecule has 2 heterocycles. The van der Waals surface area contributed by atoms with Crippen LogP contribution >= 0.6 is 0 Å². The average molecular weight is 748 g/mol. The Morgan fingerprint density at radius 1 is 0.351 bits per heavy atom. The molecule has 268 valence electrons. The summed E-state index contributed by atoms with van der Waals surface area (Å²) in [7, 11) is -3.71. The van der Waals surface area contributed by atoms with Crippen molar-refractivity contribution in [3.63, 3.8) is 0 Å². The molecule has 57 heavy (non-hydrogen) atoms. The summed E-state index contributed by atoms with van der Waals surface area (Å²) in [6.07, 6.45) is 0. The van der Waals surface area contributed by atoms with Crippen molar-refractivity contribution in [2.45, 2.75) is 0 Å². The third-order valence-corrected chi connectivity index (χ3v) is 16.2. The molecule has 0 atom stereocenters. The quantitative estimate of drug-likeness (QED) is 0.114. The summed E-state index contributed by atoms with van der Waals surface area (Å²) in [6.45, 7) is 0. The Morgan fingerprint density at radius 2 is 0.860 bits per heavy atom. The molecule has 0 aliphatic carbocycles. The molecule has 0 fully saturated rings. The van der Waals surface area contributed by atoms with Crippen molar-refractivity contribution in [1.29, 1.82) is 0 Å². The van der Waals surface area contributed by atoms with Gasteiger partial charge in [-0.3, -0.25) is 0 Å². The van der Waals surface area contributed by atoms with Gasteiger partial charge in [0.05, 0.1) is 28.9 Å². The normalized spacial score (nSPS) is 13.1. The van der Waals surface area contributed by atoms with Crippen LogP contribution in [-0.4, -0.2) is 17.2 Å². The van der Waals surface area contributed by atoms with E-state index in [1.165, 1.54) is 10.9 Å². The fourth-order valence-electron chi connectivity index (χ4n) is 9.13. The van der Waals surface area contributed by atoms with Crippen molar-refractivity contribution in [3.8, 4) is 22.5 Å². The van der Waals surface area contributed by atoms with E-state index in [9.17, 15) is 2.74 Å². The number of fused-ring (bicyclic) bond motifs is 6. The molecular weight excluding hydrogens is 705 g/mol. The second-order valence-electron chi connectivity index (χ2n) is 14.5. The molecule has 11 rings (SSSR count). The van der Waals surface area contributed by atoms with E-state index in [0.29, 0.717) is 5.19 Å². The van der Waals surface area contributed by atoms with Gasteiger partial charge in [0.15, 0.2) is 8.07 Å². The van der Waals surface area contributed by atoms with E-state index in [1.54, 1.807) is 0 Å². The first-order valence-corrected chi connectivity index (χ1v) is 21.3. The maximum Gasteiger partial charge on any atom is 0.180 e. The number of benzene rings is 9. The van der Waals surface area contributed by atoms with Crippen LogP contribution in [0.3, 0.4) is 0 Å². The first-order chi connectivity index (χ1) is 30.4. The zero-order valence-corrected chi connectivity index (χ0v) is 31.9. The second-order valence-corrected chi connectivity index (χ2v) is 18.2. The monoisotopic (exact) mass is 747 g/mol. The minimum atomic E-state index is -3.71. The predicted octanol–water partition coefficient (Wildman–Crippen LogP) is 10.9. The molecule has 11 aromatic rings. The van der Waals surface area contributed by atoms with Crippen molar-refractivity contribution in [2.75, 3.05) is 0 Å². The van der Waals surface area contributed by atoms with E-state index < -0.39 is 14.1 Å². The molecule has 2 aromatic heterocycles. The van der Waals surface area contributed by atoms with Gasteiger partial charge in [-0.2, -0.15) is 0 Å². The van der Waals surface area contributed by atoms with Crippen LogP contribution in [0.15, 0.2) is 230 Å². The molecule has 2 nitrogen and oxygen atoms in total. The second kappa shape index (κ2) is 13.5. The van der Waals surface area contributed by atoms with Gasteiger partial charge >= 0.3 is 0 Å². The lowest BCUT2D eigenvalue weighted by molar-refractivity contribution is 1.15. The molecule has 0 unspecified atom stereocenters. The van der Waals surface area contributed by atoms with Crippen LogP contribution in [0.5, 0.6) is 0 Å². The Labute approximate surface area is 340 Å². The number of para-hydroxylation sites is 2. The largest absolute Gasteiger partial charge is 0.309 e. The van der Waals surface area contributed by atoms with E-state index in [4.69, 9.17) is 4.11 Å². The Balaban J connectivity index is 1.23. The molecule has 0 spiro atoms. The molecule has 0 amide bonds. The third-order valence-electron chi connectivity index (χ3n) is 11.5. The molecule has 0 bridgehead atoms. The number of aromatic nitrogens is 2. The summed E-state index contributed by atoms with van der Waals surface area (Å²) in [5.74, 6) is 0. The van der Waals surface area contributed by atoms with Gasteiger partial charge in [-0.05, 0) is 74.3 Å². The van der Waals surface area contributed by atoms with Gasteiger partial charge in [0.2, 0.25) is 0 Å². The lowest BCUT2D eigenvalue weighted by Gasteiger charge is -2.35. The molecule has 0 saturated carbocycles. The highest BCUT2D eigenvalue weighted by Crippen LogP contribution is 2.37. The number of nitrogens with zero attached hydrogens (tertiary/aromatic N) is 2. The molecule has 0 aliphatic rings. The van der Waals surface area contributed by atoms with E-state index in [1.807, 2.05) is 42.5 Å². The maximum atomic E-state index is 9.57. The van der Waals surface area contributed by atoms with Crippen LogP contribution in [0.2, 0.25) is 0 Å². The lowest BCUT2D eigenvalue weighted by Crippen LogP contribution is -2.74. The van der Waals surface area contributed by atoms with Crippen molar-refractivity contribution in [3.05, 3.63) is 230 Å². The standard InChI is InChI=1S/C54H38N2Si/c1-5-18-39(19-6-1)40-32-34-41(35-33-40)55-49-28-15-13-26-46(49)47-37-36-42(38-52(47)55)56-50-29-16-14-27-48(50)54-51(56)30-17-31-53(54)57(43-20-7-2-8-21-43,44-22-9-3-10-23-44)45-24-11-4-12-25-45/h1-38H/i2D,7D,8D,20D,21D. The minimum Gasteiger partial charge on any atom is -0.309 e. The van der Waals surface area contributed by atoms with Gasteiger partial charge in [-0.25, -0.2) is 0 Å². The van der Waals surface area contributed by atoms with E-state index in [0.717, 1.165) is 70.7 Å². The lowest BCUT2D eigenvalue weighted by atomic mass is 10.1.